The molecule has 1 heterocycles. The Hall–Kier alpha value is -0.710. The maximum atomic E-state index is 6.19. The van der Waals surface area contributed by atoms with Crippen LogP contribution in [0.5, 0.6) is 5.75 Å². The minimum atomic E-state index is 0.0928. The van der Waals surface area contributed by atoms with E-state index in [-0.39, 0.29) is 5.54 Å². The van der Waals surface area contributed by atoms with E-state index in [1.165, 1.54) is 11.3 Å². The zero-order valence-electron chi connectivity index (χ0n) is 13.7. The number of benzene rings is 1. The summed E-state index contributed by atoms with van der Waals surface area (Å²) in [6.45, 7) is 6.32. The van der Waals surface area contributed by atoms with E-state index in [1.807, 2.05) is 17.8 Å². The lowest BCUT2D eigenvalue weighted by Gasteiger charge is -2.49. The zero-order chi connectivity index (χ0) is 15.5. The second-order valence-corrected chi connectivity index (χ2v) is 7.96. The summed E-state index contributed by atoms with van der Waals surface area (Å²) in [6, 6.07) is 8.31. The van der Waals surface area contributed by atoms with Gasteiger partial charge in [0, 0.05) is 24.4 Å². The van der Waals surface area contributed by atoms with Crippen LogP contribution in [0, 0.1) is 5.41 Å². The van der Waals surface area contributed by atoms with Crippen LogP contribution in [0.3, 0.4) is 0 Å². The van der Waals surface area contributed by atoms with Crippen molar-refractivity contribution < 1.29 is 4.74 Å². The van der Waals surface area contributed by atoms with Crippen molar-refractivity contribution >= 4 is 11.8 Å². The van der Waals surface area contributed by atoms with Gasteiger partial charge in [0.2, 0.25) is 0 Å². The number of rotatable bonds is 5. The van der Waals surface area contributed by atoms with Crippen molar-refractivity contribution in [2.75, 3.05) is 32.2 Å². The Morgan fingerprint density at radius 1 is 1.33 bits per heavy atom. The van der Waals surface area contributed by atoms with Crippen LogP contribution in [0.25, 0.3) is 0 Å². The van der Waals surface area contributed by atoms with E-state index in [0.29, 0.717) is 12.0 Å². The molecular weight excluding hydrogens is 280 g/mol. The van der Waals surface area contributed by atoms with Gasteiger partial charge >= 0.3 is 0 Å². The van der Waals surface area contributed by atoms with Gasteiger partial charge < -0.3 is 10.5 Å². The van der Waals surface area contributed by atoms with E-state index in [4.69, 9.17) is 10.5 Å². The van der Waals surface area contributed by atoms with E-state index >= 15 is 0 Å². The molecule has 1 aromatic carbocycles. The molecule has 0 spiro atoms. The molecular formula is C17H28N2OS. The number of likely N-dealkylation sites (N-methyl/N-ethyl adjacent to an activating group) is 1. The molecule has 1 aliphatic heterocycles. The van der Waals surface area contributed by atoms with Crippen LogP contribution < -0.4 is 10.5 Å². The molecule has 1 fully saturated rings. The Bertz CT molecular complexity index is 478. The quantitative estimate of drug-likeness (QED) is 0.907. The molecule has 118 valence electrons. The second kappa shape index (κ2) is 6.59. The van der Waals surface area contributed by atoms with E-state index in [0.717, 1.165) is 24.5 Å². The van der Waals surface area contributed by atoms with Crippen molar-refractivity contribution in [3.8, 4) is 5.75 Å². The summed E-state index contributed by atoms with van der Waals surface area (Å²) in [7, 11) is 3.92. The Morgan fingerprint density at radius 3 is 2.71 bits per heavy atom. The van der Waals surface area contributed by atoms with Crippen molar-refractivity contribution in [3.05, 3.63) is 29.8 Å². The van der Waals surface area contributed by atoms with Crippen molar-refractivity contribution in [1.29, 1.82) is 0 Å². The Morgan fingerprint density at radius 2 is 2.10 bits per heavy atom. The standard InChI is InChI=1S/C17H28N2OS/c1-16(2)10-17(11-18,13-21-12-16)19(3)9-14-6-5-7-15(8-14)20-4/h5-8H,9-13,18H2,1-4H3. The van der Waals surface area contributed by atoms with E-state index in [2.05, 4.69) is 44.0 Å². The molecule has 21 heavy (non-hydrogen) atoms. The first-order chi connectivity index (χ1) is 9.91. The van der Waals surface area contributed by atoms with E-state index in [9.17, 15) is 0 Å². The molecule has 0 aliphatic carbocycles. The largest absolute Gasteiger partial charge is 0.497 e. The van der Waals surface area contributed by atoms with Crippen LogP contribution >= 0.6 is 11.8 Å². The molecule has 1 unspecified atom stereocenters. The van der Waals surface area contributed by atoms with E-state index < -0.39 is 0 Å². The minimum absolute atomic E-state index is 0.0928. The number of methoxy groups -OCH3 is 1. The molecule has 0 aromatic heterocycles. The highest BCUT2D eigenvalue weighted by Crippen LogP contribution is 2.41. The summed E-state index contributed by atoms with van der Waals surface area (Å²) in [6.07, 6.45) is 1.16. The third-order valence-corrected chi connectivity index (χ3v) is 6.14. The lowest BCUT2D eigenvalue weighted by atomic mass is 9.79. The first-order valence-corrected chi connectivity index (χ1v) is 8.68. The fourth-order valence-electron chi connectivity index (χ4n) is 3.25. The first kappa shape index (κ1) is 16.7. The van der Waals surface area contributed by atoms with Gasteiger partial charge in [-0.05, 0) is 42.3 Å². The minimum Gasteiger partial charge on any atom is -0.497 e. The number of ether oxygens (including phenoxy) is 1. The lowest BCUT2D eigenvalue weighted by Crippen LogP contribution is -2.58. The van der Waals surface area contributed by atoms with Crippen LogP contribution in [0.1, 0.15) is 25.8 Å². The highest BCUT2D eigenvalue weighted by Gasteiger charge is 2.42. The third-order valence-electron chi connectivity index (χ3n) is 4.41. The monoisotopic (exact) mass is 308 g/mol. The van der Waals surface area contributed by atoms with Crippen LogP contribution in [0.4, 0.5) is 0 Å². The zero-order valence-corrected chi connectivity index (χ0v) is 14.5. The molecule has 3 nitrogen and oxygen atoms in total. The fraction of sp³-hybridized carbons (Fsp3) is 0.647. The molecule has 1 aromatic rings. The maximum absolute atomic E-state index is 6.19. The smallest absolute Gasteiger partial charge is 0.119 e. The molecule has 0 radical (unpaired) electrons. The number of hydrogen-bond donors (Lipinski definition) is 1. The highest BCUT2D eigenvalue weighted by atomic mass is 32.2. The van der Waals surface area contributed by atoms with Crippen molar-refractivity contribution in [2.24, 2.45) is 11.1 Å². The SMILES string of the molecule is COc1cccc(CN(C)C2(CN)CSCC(C)(C)C2)c1. The average Bonchev–Trinajstić information content (AvgIpc) is 2.46. The summed E-state index contributed by atoms with van der Waals surface area (Å²) >= 11 is 2.03. The molecule has 0 bridgehead atoms. The Labute approximate surface area is 133 Å². The summed E-state index contributed by atoms with van der Waals surface area (Å²) in [5.74, 6) is 3.26. The molecule has 2 N–H and O–H groups in total. The van der Waals surface area contributed by atoms with Gasteiger partial charge in [-0.1, -0.05) is 26.0 Å². The van der Waals surface area contributed by atoms with Crippen molar-refractivity contribution in [1.82, 2.24) is 4.90 Å². The summed E-state index contributed by atoms with van der Waals surface area (Å²) in [5.41, 5.74) is 7.91. The molecule has 0 amide bonds. The van der Waals surface area contributed by atoms with Crippen molar-refractivity contribution in [3.63, 3.8) is 0 Å². The van der Waals surface area contributed by atoms with Gasteiger partial charge in [0.05, 0.1) is 7.11 Å². The maximum Gasteiger partial charge on any atom is 0.119 e. The molecule has 4 heteroatoms. The van der Waals surface area contributed by atoms with Crippen molar-refractivity contribution in [2.45, 2.75) is 32.4 Å². The van der Waals surface area contributed by atoms with Crippen LogP contribution in [0.2, 0.25) is 0 Å². The normalized spacial score (nSPS) is 25.0. The predicted octanol–water partition coefficient (Wildman–Crippen LogP) is 2.99. The second-order valence-electron chi connectivity index (χ2n) is 6.97. The molecule has 2 rings (SSSR count). The number of thioether (sulfide) groups is 1. The van der Waals surface area contributed by atoms with Gasteiger partial charge in [0.15, 0.2) is 0 Å². The molecule has 1 aliphatic rings. The first-order valence-electron chi connectivity index (χ1n) is 7.53. The van der Waals surface area contributed by atoms with E-state index in [1.54, 1.807) is 7.11 Å². The van der Waals surface area contributed by atoms with Gasteiger partial charge in [-0.2, -0.15) is 11.8 Å². The molecule has 0 saturated carbocycles. The summed E-state index contributed by atoms with van der Waals surface area (Å²) in [4.78, 5) is 2.44. The number of hydrogen-bond acceptors (Lipinski definition) is 4. The van der Waals surface area contributed by atoms with Gasteiger partial charge in [-0.3, -0.25) is 4.90 Å². The Kier molecular flexibility index (Phi) is 5.23. The third kappa shape index (κ3) is 3.93. The highest BCUT2D eigenvalue weighted by molar-refractivity contribution is 7.99. The van der Waals surface area contributed by atoms with Gasteiger partial charge in [-0.15, -0.1) is 0 Å². The summed E-state index contributed by atoms with van der Waals surface area (Å²) < 4.78 is 5.32. The molecule has 1 saturated heterocycles. The topological polar surface area (TPSA) is 38.5 Å². The predicted molar refractivity (Wildman–Crippen MR) is 92.0 cm³/mol. The number of nitrogens with zero attached hydrogens (tertiary/aromatic N) is 1. The van der Waals surface area contributed by atoms with Crippen LogP contribution in [0.15, 0.2) is 24.3 Å². The summed E-state index contributed by atoms with van der Waals surface area (Å²) in [5, 5.41) is 0. The van der Waals surface area contributed by atoms with Crippen LogP contribution in [-0.2, 0) is 6.54 Å². The average molecular weight is 308 g/mol. The van der Waals surface area contributed by atoms with Gasteiger partial charge in [0.1, 0.15) is 5.75 Å². The Balaban J connectivity index is 2.14. The van der Waals surface area contributed by atoms with Crippen LogP contribution in [-0.4, -0.2) is 42.6 Å². The number of nitrogens with two attached hydrogens (primary N) is 1. The molecule has 1 atom stereocenters. The van der Waals surface area contributed by atoms with Gasteiger partial charge in [-0.25, -0.2) is 0 Å². The van der Waals surface area contributed by atoms with Gasteiger partial charge in [0.25, 0.3) is 0 Å². The lowest BCUT2D eigenvalue weighted by molar-refractivity contribution is 0.0869. The fourth-order valence-corrected chi connectivity index (χ4v) is 4.83.